The van der Waals surface area contributed by atoms with Gasteiger partial charge in [-0.1, -0.05) is 0 Å². The second kappa shape index (κ2) is 7.68. The van der Waals surface area contributed by atoms with Crippen molar-refractivity contribution in [2.45, 2.75) is 25.4 Å². The molecule has 162 valence electrons. The molecule has 1 fully saturated rings. The van der Waals surface area contributed by atoms with Gasteiger partial charge in [-0.2, -0.15) is 5.10 Å². The molecule has 3 aromatic heterocycles. The minimum Gasteiger partial charge on any atom is -0.490 e. The zero-order chi connectivity index (χ0) is 21.5. The molecule has 9 nitrogen and oxygen atoms in total. The molecule has 0 saturated carbocycles. The average molecular weight is 426 g/mol. The summed E-state index contributed by atoms with van der Waals surface area (Å²) in [5.41, 5.74) is 1.54. The highest BCUT2D eigenvalue weighted by Crippen LogP contribution is 2.35. The Kier molecular flexibility index (Phi) is 4.84. The van der Waals surface area contributed by atoms with Gasteiger partial charge in [-0.15, -0.1) is 0 Å². The van der Waals surface area contributed by atoms with Crippen LogP contribution in [-0.4, -0.2) is 62.4 Å². The molecule has 3 aromatic rings. The number of alkyl halides is 1. The van der Waals surface area contributed by atoms with Crippen LogP contribution in [0.2, 0.25) is 0 Å². The van der Waals surface area contributed by atoms with E-state index in [-0.39, 0.29) is 18.1 Å². The number of carbonyl (C=O) groups is 1. The summed E-state index contributed by atoms with van der Waals surface area (Å²) in [6, 6.07) is 5.35. The third kappa shape index (κ3) is 3.51. The van der Waals surface area contributed by atoms with E-state index in [2.05, 4.69) is 10.1 Å². The maximum atomic E-state index is 13.7. The number of aryl methyl sites for hydroxylation is 1. The van der Waals surface area contributed by atoms with Gasteiger partial charge < -0.3 is 14.5 Å². The van der Waals surface area contributed by atoms with Gasteiger partial charge in [0.05, 0.1) is 18.7 Å². The minimum atomic E-state index is -0.979. The first-order valence-electron chi connectivity index (χ1n) is 10.4. The number of ether oxygens (including phenoxy) is 1. The number of likely N-dealkylation sites (tertiary alicyclic amines) is 1. The van der Waals surface area contributed by atoms with E-state index in [9.17, 15) is 14.0 Å². The fourth-order valence-corrected chi connectivity index (χ4v) is 4.15. The Hall–Kier alpha value is -3.43. The van der Waals surface area contributed by atoms with Crippen LogP contribution >= 0.6 is 0 Å². The summed E-state index contributed by atoms with van der Waals surface area (Å²) in [6.07, 6.45) is 4.15. The number of carbonyl (C=O) groups excluding carboxylic acids is 1. The molecule has 5 heterocycles. The molecular weight excluding hydrogens is 403 g/mol. The molecule has 31 heavy (non-hydrogen) atoms. The van der Waals surface area contributed by atoms with Gasteiger partial charge in [-0.05, 0) is 31.4 Å². The van der Waals surface area contributed by atoms with Crippen LogP contribution in [-0.2, 0) is 7.05 Å². The molecule has 0 aromatic carbocycles. The van der Waals surface area contributed by atoms with Crippen molar-refractivity contribution in [1.29, 1.82) is 0 Å². The Morgan fingerprint density at radius 2 is 2.13 bits per heavy atom. The summed E-state index contributed by atoms with van der Waals surface area (Å²) in [4.78, 5) is 33.0. The van der Waals surface area contributed by atoms with Crippen LogP contribution in [0.1, 0.15) is 29.6 Å². The van der Waals surface area contributed by atoms with E-state index in [1.54, 1.807) is 24.2 Å². The summed E-state index contributed by atoms with van der Waals surface area (Å²) in [5, 5.41) is 4.25. The van der Waals surface area contributed by atoms with Crippen molar-refractivity contribution >= 4 is 23.1 Å². The lowest BCUT2D eigenvalue weighted by Crippen LogP contribution is -2.40. The zero-order valence-corrected chi connectivity index (χ0v) is 17.2. The number of piperidine rings is 1. The largest absolute Gasteiger partial charge is 0.490 e. The summed E-state index contributed by atoms with van der Waals surface area (Å²) < 4.78 is 22.4. The molecule has 1 saturated heterocycles. The van der Waals surface area contributed by atoms with Crippen molar-refractivity contribution in [2.75, 3.05) is 31.1 Å². The van der Waals surface area contributed by atoms with E-state index in [0.717, 1.165) is 12.1 Å². The highest BCUT2D eigenvalue weighted by molar-refractivity contribution is 5.95. The minimum absolute atomic E-state index is 0.117. The van der Waals surface area contributed by atoms with E-state index < -0.39 is 6.17 Å². The number of rotatable bonds is 2. The molecule has 0 spiro atoms. The SMILES string of the molecule is Cn1nc2cc(N3CCCOc4cc(C(=O)N5CCC[C@@H](F)C5)cnc43)ccn2c1=O. The molecule has 0 radical (unpaired) electrons. The molecule has 0 N–H and O–H groups in total. The van der Waals surface area contributed by atoms with Gasteiger partial charge >= 0.3 is 5.69 Å². The standard InChI is InChI=1S/C21H23FN6O3/c1-25-21(30)28-8-5-16(11-18(28)24-25)27-7-3-9-31-17-10-14(12-23-19(17)27)20(29)26-6-2-4-15(22)13-26/h5,8,10-12,15H,2-4,6-7,9,13H2,1H3/t15-/m1/s1. The Balaban J connectivity index is 1.49. The predicted molar refractivity (Wildman–Crippen MR) is 112 cm³/mol. The van der Waals surface area contributed by atoms with Crippen LogP contribution in [0.5, 0.6) is 5.75 Å². The molecule has 0 unspecified atom stereocenters. The molecule has 0 aliphatic carbocycles. The average Bonchev–Trinajstić information content (AvgIpc) is 2.94. The molecule has 2 aliphatic rings. The maximum absolute atomic E-state index is 13.7. The van der Waals surface area contributed by atoms with Crippen LogP contribution in [0.3, 0.4) is 0 Å². The monoisotopic (exact) mass is 426 g/mol. The molecule has 10 heteroatoms. The predicted octanol–water partition coefficient (Wildman–Crippen LogP) is 1.92. The van der Waals surface area contributed by atoms with Crippen molar-refractivity contribution < 1.29 is 13.9 Å². The third-order valence-corrected chi connectivity index (χ3v) is 5.74. The van der Waals surface area contributed by atoms with Crippen molar-refractivity contribution in [2.24, 2.45) is 7.05 Å². The van der Waals surface area contributed by atoms with E-state index in [0.29, 0.717) is 55.3 Å². The fraction of sp³-hybridized carbons (Fsp3) is 0.429. The Bertz CT molecular complexity index is 1210. The maximum Gasteiger partial charge on any atom is 0.350 e. The van der Waals surface area contributed by atoms with Crippen LogP contribution in [0, 0.1) is 0 Å². The summed E-state index contributed by atoms with van der Waals surface area (Å²) in [5.74, 6) is 0.875. The topological polar surface area (TPSA) is 85.0 Å². The van der Waals surface area contributed by atoms with Crippen LogP contribution in [0.4, 0.5) is 15.9 Å². The van der Waals surface area contributed by atoms with E-state index in [1.165, 1.54) is 15.3 Å². The summed E-state index contributed by atoms with van der Waals surface area (Å²) >= 11 is 0. The van der Waals surface area contributed by atoms with Crippen molar-refractivity contribution in [3.63, 3.8) is 0 Å². The quantitative estimate of drug-likeness (QED) is 0.623. The lowest BCUT2D eigenvalue weighted by atomic mass is 10.1. The first kappa shape index (κ1) is 19.5. The molecule has 5 rings (SSSR count). The van der Waals surface area contributed by atoms with Gasteiger partial charge in [0.25, 0.3) is 5.91 Å². The Morgan fingerprint density at radius 3 is 2.97 bits per heavy atom. The second-order valence-corrected chi connectivity index (χ2v) is 7.91. The Labute approximate surface area is 177 Å². The van der Waals surface area contributed by atoms with E-state index >= 15 is 0 Å². The first-order valence-corrected chi connectivity index (χ1v) is 10.4. The van der Waals surface area contributed by atoms with Crippen molar-refractivity contribution in [3.05, 3.63) is 46.6 Å². The Morgan fingerprint density at radius 1 is 1.26 bits per heavy atom. The van der Waals surface area contributed by atoms with Crippen molar-refractivity contribution in [3.8, 4) is 5.75 Å². The number of hydrogen-bond acceptors (Lipinski definition) is 6. The fourth-order valence-electron chi connectivity index (χ4n) is 4.15. The number of hydrogen-bond donors (Lipinski definition) is 0. The van der Waals surface area contributed by atoms with E-state index in [4.69, 9.17) is 4.74 Å². The van der Waals surface area contributed by atoms with Crippen LogP contribution in [0.15, 0.2) is 35.4 Å². The number of nitrogens with zero attached hydrogens (tertiary/aromatic N) is 6. The van der Waals surface area contributed by atoms with Gasteiger partial charge in [-0.3, -0.25) is 9.20 Å². The molecule has 2 aliphatic heterocycles. The normalized spacial score (nSPS) is 19.1. The first-order chi connectivity index (χ1) is 15.0. The second-order valence-electron chi connectivity index (χ2n) is 7.91. The summed E-state index contributed by atoms with van der Waals surface area (Å²) in [6.45, 7) is 1.82. The third-order valence-electron chi connectivity index (χ3n) is 5.74. The van der Waals surface area contributed by atoms with Crippen LogP contribution < -0.4 is 15.3 Å². The van der Waals surface area contributed by atoms with Crippen LogP contribution in [0.25, 0.3) is 5.65 Å². The number of aromatic nitrogens is 4. The summed E-state index contributed by atoms with van der Waals surface area (Å²) in [7, 11) is 1.61. The number of halogens is 1. The number of amides is 1. The number of pyridine rings is 2. The van der Waals surface area contributed by atoms with Gasteiger partial charge in [-0.25, -0.2) is 18.9 Å². The lowest BCUT2D eigenvalue weighted by Gasteiger charge is -2.29. The highest BCUT2D eigenvalue weighted by atomic mass is 19.1. The molecule has 1 amide bonds. The van der Waals surface area contributed by atoms with Crippen molar-refractivity contribution in [1.82, 2.24) is 24.1 Å². The number of anilines is 2. The van der Waals surface area contributed by atoms with Gasteiger partial charge in [0.15, 0.2) is 17.2 Å². The lowest BCUT2D eigenvalue weighted by molar-refractivity contribution is 0.0635. The van der Waals surface area contributed by atoms with E-state index in [1.807, 2.05) is 17.0 Å². The highest BCUT2D eigenvalue weighted by Gasteiger charge is 2.27. The smallest absolute Gasteiger partial charge is 0.350 e. The van der Waals surface area contributed by atoms with Gasteiger partial charge in [0.1, 0.15) is 6.17 Å². The van der Waals surface area contributed by atoms with Gasteiger partial charge in [0, 0.05) is 44.3 Å². The number of fused-ring (bicyclic) bond motifs is 2. The molecule has 0 bridgehead atoms. The van der Waals surface area contributed by atoms with Gasteiger partial charge in [0.2, 0.25) is 0 Å². The molecule has 1 atom stereocenters. The zero-order valence-electron chi connectivity index (χ0n) is 17.2. The molecular formula is C21H23FN6O3.